The van der Waals surface area contributed by atoms with E-state index in [2.05, 4.69) is 0 Å². The molecular formula is C39H32O15. The van der Waals surface area contributed by atoms with Gasteiger partial charge in [-0.2, -0.15) is 0 Å². The van der Waals surface area contributed by atoms with Crippen molar-refractivity contribution in [3.63, 3.8) is 0 Å². The molecule has 4 aromatic carbocycles. The minimum Gasteiger partial charge on any atom is -0.508 e. The molecule has 0 radical (unpaired) electrons. The van der Waals surface area contributed by atoms with Crippen LogP contribution in [-0.4, -0.2) is 85.0 Å². The standard InChI is InChI=1S/C39H32O15/c40-23-9-1-20(2-10-23)5-15-30(45)50-19-29-33(47)37(53-31(46)16-6-21-3-11-24(41)12-4-21)35(49)39(52-29)54-38-34(48)32-27(44)17-26(43)18-28(32)51-36(38)22-7-13-25(42)14-8-22/h1-18,29,33,35,37,39-44,47,49H,19H2/b15-5-,16-6+/t29-,33-,35-,37+,39+/m1/s1. The molecule has 1 aliphatic rings. The minimum atomic E-state index is -2.00. The van der Waals surface area contributed by atoms with Crippen molar-refractivity contribution in [2.24, 2.45) is 0 Å². The van der Waals surface area contributed by atoms with Gasteiger partial charge in [0, 0.05) is 29.8 Å². The number of carbonyl (C=O) groups is 2. The van der Waals surface area contributed by atoms with Crippen molar-refractivity contribution in [3.8, 4) is 45.8 Å². The molecule has 0 aliphatic carbocycles. The Morgan fingerprint density at radius 3 is 1.85 bits per heavy atom. The summed E-state index contributed by atoms with van der Waals surface area (Å²) in [5, 5.41) is 71.7. The fourth-order valence-electron chi connectivity index (χ4n) is 5.46. The van der Waals surface area contributed by atoms with Crippen molar-refractivity contribution in [2.75, 3.05) is 6.61 Å². The summed E-state index contributed by atoms with van der Waals surface area (Å²) in [5.41, 5.74) is 0.00793. The molecule has 1 fully saturated rings. The summed E-state index contributed by atoms with van der Waals surface area (Å²) < 4.78 is 28.3. The van der Waals surface area contributed by atoms with E-state index in [1.165, 1.54) is 72.8 Å². The molecule has 6 rings (SSSR count). The third kappa shape index (κ3) is 8.45. The Morgan fingerprint density at radius 1 is 0.704 bits per heavy atom. The van der Waals surface area contributed by atoms with E-state index in [1.54, 1.807) is 12.1 Å². The van der Waals surface area contributed by atoms with Gasteiger partial charge < -0.3 is 59.1 Å². The maximum Gasteiger partial charge on any atom is 0.331 e. The van der Waals surface area contributed by atoms with E-state index < -0.39 is 77.3 Å². The van der Waals surface area contributed by atoms with Crippen LogP contribution in [0.5, 0.6) is 34.5 Å². The number of hydrogen-bond donors (Lipinski definition) is 7. The van der Waals surface area contributed by atoms with Gasteiger partial charge >= 0.3 is 11.9 Å². The Morgan fingerprint density at radius 2 is 1.26 bits per heavy atom. The maximum atomic E-state index is 13.9. The van der Waals surface area contributed by atoms with Gasteiger partial charge in [-0.25, -0.2) is 9.59 Å². The molecule has 1 aliphatic heterocycles. The van der Waals surface area contributed by atoms with Crippen LogP contribution in [-0.2, 0) is 23.8 Å². The van der Waals surface area contributed by atoms with Crippen molar-refractivity contribution in [3.05, 3.63) is 118 Å². The Hall–Kier alpha value is -6.81. The SMILES string of the molecule is O=C(/C=C\c1ccc(O)cc1)OC[C@H]1O[C@@H](Oc2c(-c3ccc(O)cc3)oc3cc(O)cc(O)c3c2=O)[C@H](O)[C@@H](OC(=O)/C=C/c2ccc(O)cc2)[C@@H]1O. The first-order chi connectivity index (χ1) is 25.9. The van der Waals surface area contributed by atoms with E-state index in [0.29, 0.717) is 11.1 Å². The highest BCUT2D eigenvalue weighted by Crippen LogP contribution is 2.38. The molecule has 2 heterocycles. The summed E-state index contributed by atoms with van der Waals surface area (Å²) in [6.07, 6.45) is -4.24. The predicted molar refractivity (Wildman–Crippen MR) is 189 cm³/mol. The number of carbonyl (C=O) groups excluding carboxylic acids is 2. The van der Waals surface area contributed by atoms with Crippen LogP contribution >= 0.6 is 0 Å². The van der Waals surface area contributed by atoms with Gasteiger partial charge in [-0.1, -0.05) is 24.3 Å². The highest BCUT2D eigenvalue weighted by Gasteiger charge is 2.49. The summed E-state index contributed by atoms with van der Waals surface area (Å²) in [5.74, 6) is -4.01. The lowest BCUT2D eigenvalue weighted by atomic mass is 9.98. The number of hydrogen-bond acceptors (Lipinski definition) is 15. The average molecular weight is 741 g/mol. The quantitative estimate of drug-likeness (QED) is 0.0798. The monoisotopic (exact) mass is 740 g/mol. The minimum absolute atomic E-state index is 0.000756. The van der Waals surface area contributed by atoms with Crippen LogP contribution < -0.4 is 10.2 Å². The number of phenols is 5. The van der Waals surface area contributed by atoms with Crippen LogP contribution in [0, 0.1) is 0 Å². The van der Waals surface area contributed by atoms with Gasteiger partial charge in [0.05, 0.1) is 0 Å². The zero-order chi connectivity index (χ0) is 38.5. The Labute approximate surface area is 305 Å². The zero-order valence-corrected chi connectivity index (χ0v) is 27.9. The Bertz CT molecular complexity index is 2260. The highest BCUT2D eigenvalue weighted by molar-refractivity contribution is 5.89. The van der Waals surface area contributed by atoms with Gasteiger partial charge in [0.1, 0.15) is 58.5 Å². The van der Waals surface area contributed by atoms with Crippen LogP contribution in [0.4, 0.5) is 0 Å². The molecule has 5 aromatic rings. The number of esters is 2. The van der Waals surface area contributed by atoms with Gasteiger partial charge in [-0.3, -0.25) is 4.79 Å². The number of phenolic OH excluding ortho intramolecular Hbond substituents is 5. The number of ether oxygens (including phenoxy) is 4. The lowest BCUT2D eigenvalue weighted by Gasteiger charge is -2.41. The molecule has 278 valence electrons. The van der Waals surface area contributed by atoms with Gasteiger partial charge in [0.2, 0.25) is 17.5 Å². The number of fused-ring (bicyclic) bond motifs is 1. The van der Waals surface area contributed by atoms with E-state index in [9.17, 15) is 50.1 Å². The zero-order valence-electron chi connectivity index (χ0n) is 27.9. The number of benzene rings is 4. The highest BCUT2D eigenvalue weighted by atomic mass is 16.7. The molecule has 0 saturated carbocycles. The van der Waals surface area contributed by atoms with Crippen molar-refractivity contribution in [1.29, 1.82) is 0 Å². The molecule has 0 bridgehead atoms. The van der Waals surface area contributed by atoms with E-state index in [4.69, 9.17) is 23.4 Å². The van der Waals surface area contributed by atoms with Crippen LogP contribution in [0.1, 0.15) is 11.1 Å². The first kappa shape index (κ1) is 37.0. The maximum absolute atomic E-state index is 13.9. The smallest absolute Gasteiger partial charge is 0.331 e. The molecular weight excluding hydrogens is 708 g/mol. The average Bonchev–Trinajstić information content (AvgIpc) is 3.14. The summed E-state index contributed by atoms with van der Waals surface area (Å²) in [7, 11) is 0. The molecule has 15 heteroatoms. The third-order valence-electron chi connectivity index (χ3n) is 8.18. The largest absolute Gasteiger partial charge is 0.508 e. The van der Waals surface area contributed by atoms with E-state index in [-0.39, 0.29) is 34.2 Å². The molecule has 7 N–H and O–H groups in total. The van der Waals surface area contributed by atoms with Crippen LogP contribution in [0.3, 0.4) is 0 Å². The second-order valence-electron chi connectivity index (χ2n) is 12.0. The topological polar surface area (TPSA) is 243 Å². The van der Waals surface area contributed by atoms with Gasteiger partial charge in [0.25, 0.3) is 0 Å². The van der Waals surface area contributed by atoms with Crippen molar-refractivity contribution in [2.45, 2.75) is 30.7 Å². The summed E-state index contributed by atoms with van der Waals surface area (Å²) in [6, 6.07) is 19.0. The van der Waals surface area contributed by atoms with Crippen LogP contribution in [0.25, 0.3) is 34.4 Å². The number of rotatable bonds is 10. The van der Waals surface area contributed by atoms with E-state index in [0.717, 1.165) is 24.3 Å². The lowest BCUT2D eigenvalue weighted by molar-refractivity contribution is -0.281. The van der Waals surface area contributed by atoms with Crippen molar-refractivity contribution < 1.29 is 68.7 Å². The fraction of sp³-hybridized carbons (Fsp3) is 0.154. The molecule has 0 spiro atoms. The van der Waals surface area contributed by atoms with E-state index in [1.807, 2.05) is 0 Å². The summed E-state index contributed by atoms with van der Waals surface area (Å²) in [4.78, 5) is 39.5. The van der Waals surface area contributed by atoms with Crippen LogP contribution in [0.2, 0.25) is 0 Å². The third-order valence-corrected chi connectivity index (χ3v) is 8.18. The molecule has 0 unspecified atom stereocenters. The fourth-order valence-corrected chi connectivity index (χ4v) is 5.46. The molecule has 0 amide bonds. The van der Waals surface area contributed by atoms with Crippen molar-refractivity contribution >= 4 is 35.1 Å². The van der Waals surface area contributed by atoms with Gasteiger partial charge in [-0.15, -0.1) is 0 Å². The normalized spacial score (nSPS) is 19.9. The molecule has 15 nitrogen and oxygen atoms in total. The number of aromatic hydroxyl groups is 5. The Kier molecular flexibility index (Phi) is 10.8. The number of aliphatic hydroxyl groups is 2. The first-order valence-corrected chi connectivity index (χ1v) is 16.2. The molecule has 54 heavy (non-hydrogen) atoms. The first-order valence-electron chi connectivity index (χ1n) is 16.2. The van der Waals surface area contributed by atoms with E-state index >= 15 is 0 Å². The predicted octanol–water partition coefficient (Wildman–Crippen LogP) is 3.70. The Balaban J connectivity index is 1.32. The van der Waals surface area contributed by atoms with Gasteiger partial charge in [0.15, 0.2) is 18.0 Å². The molecule has 1 saturated heterocycles. The molecule has 1 aromatic heterocycles. The number of aliphatic hydroxyl groups excluding tert-OH is 2. The van der Waals surface area contributed by atoms with Crippen molar-refractivity contribution in [1.82, 2.24) is 0 Å². The second kappa shape index (κ2) is 15.8. The molecule has 5 atom stereocenters. The second-order valence-corrected chi connectivity index (χ2v) is 12.0. The lowest BCUT2D eigenvalue weighted by Crippen LogP contribution is -2.61. The summed E-state index contributed by atoms with van der Waals surface area (Å²) in [6.45, 7) is -0.666. The van der Waals surface area contributed by atoms with Crippen LogP contribution in [0.15, 0.2) is 106 Å². The summed E-state index contributed by atoms with van der Waals surface area (Å²) >= 11 is 0. The van der Waals surface area contributed by atoms with Gasteiger partial charge in [-0.05, 0) is 71.8 Å².